The van der Waals surface area contributed by atoms with Crippen LogP contribution < -0.4 is 5.32 Å². The zero-order chi connectivity index (χ0) is 50.0. The first-order chi connectivity index (χ1) is 34.0. The summed E-state index contributed by atoms with van der Waals surface area (Å²) in [7, 11) is 0. The Hall–Kier alpha value is -1.66. The van der Waals surface area contributed by atoms with E-state index in [2.05, 4.69) is 43.5 Å². The lowest BCUT2D eigenvalue weighted by atomic mass is 10.0. The minimum atomic E-state index is -0.683. The highest BCUT2D eigenvalue weighted by molar-refractivity contribution is 5.76. The van der Waals surface area contributed by atoms with Crippen molar-refractivity contribution in [1.29, 1.82) is 0 Å². The molecule has 6 heteroatoms. The van der Waals surface area contributed by atoms with Crippen LogP contribution in [-0.4, -0.2) is 47.4 Å². The van der Waals surface area contributed by atoms with E-state index in [9.17, 15) is 19.8 Å². The van der Waals surface area contributed by atoms with Crippen LogP contribution in [0.5, 0.6) is 0 Å². The Balaban J connectivity index is 3.48. The van der Waals surface area contributed by atoms with Crippen molar-refractivity contribution in [2.45, 2.75) is 353 Å². The van der Waals surface area contributed by atoms with E-state index >= 15 is 0 Å². The number of esters is 1. The van der Waals surface area contributed by atoms with Crippen molar-refractivity contribution in [2.75, 3.05) is 13.2 Å². The van der Waals surface area contributed by atoms with Crippen LogP contribution in [0.3, 0.4) is 0 Å². The normalized spacial score (nSPS) is 12.7. The molecule has 0 aromatic heterocycles. The first-order valence-electron chi connectivity index (χ1n) is 31.1. The molecular formula is C63H121NO5. The van der Waals surface area contributed by atoms with E-state index in [1.807, 2.05) is 0 Å². The molecule has 0 aromatic carbocycles. The molecule has 3 N–H and O–H groups in total. The average molecular weight is 973 g/mol. The zero-order valence-electron chi connectivity index (χ0n) is 46.6. The van der Waals surface area contributed by atoms with Gasteiger partial charge in [0.1, 0.15) is 0 Å². The number of aliphatic hydroxyl groups is 2. The molecule has 1 amide bonds. The van der Waals surface area contributed by atoms with Crippen LogP contribution in [0.4, 0.5) is 0 Å². The Kier molecular flexibility index (Phi) is 57.5. The Labute approximate surface area is 431 Å². The van der Waals surface area contributed by atoms with Crippen molar-refractivity contribution >= 4 is 11.9 Å². The number of allylic oxidation sites excluding steroid dienone is 4. The summed E-state index contributed by atoms with van der Waals surface area (Å²) in [5.41, 5.74) is 0. The Morgan fingerprint density at radius 3 is 1.04 bits per heavy atom. The lowest BCUT2D eigenvalue weighted by molar-refractivity contribution is -0.143. The van der Waals surface area contributed by atoms with Crippen LogP contribution in [0.15, 0.2) is 24.3 Å². The van der Waals surface area contributed by atoms with Gasteiger partial charge in [0.15, 0.2) is 0 Å². The van der Waals surface area contributed by atoms with E-state index in [1.165, 1.54) is 238 Å². The van der Waals surface area contributed by atoms with Crippen LogP contribution in [0, 0.1) is 0 Å². The minimum Gasteiger partial charge on any atom is -0.466 e. The monoisotopic (exact) mass is 972 g/mol. The number of aliphatic hydroxyl groups excluding tert-OH is 2. The van der Waals surface area contributed by atoms with E-state index in [1.54, 1.807) is 0 Å². The SMILES string of the molecule is CCCCCCCCC/C=C\CCCCCCCC(=O)OCCCCCCCC/C=C\CCCCCC(=O)NC(CO)C(O)CCCCCCCCCCCCCCCCCCCCCCCCC. The van der Waals surface area contributed by atoms with Gasteiger partial charge in [-0.15, -0.1) is 0 Å². The van der Waals surface area contributed by atoms with Crippen molar-refractivity contribution in [2.24, 2.45) is 0 Å². The van der Waals surface area contributed by atoms with Crippen LogP contribution in [0.2, 0.25) is 0 Å². The molecule has 0 heterocycles. The highest BCUT2D eigenvalue weighted by atomic mass is 16.5. The summed E-state index contributed by atoms with van der Waals surface area (Å²) in [4.78, 5) is 24.6. The molecule has 0 saturated heterocycles. The average Bonchev–Trinajstić information content (AvgIpc) is 3.35. The second-order valence-electron chi connectivity index (χ2n) is 21.4. The van der Waals surface area contributed by atoms with Crippen molar-refractivity contribution in [3.05, 3.63) is 24.3 Å². The molecule has 6 nitrogen and oxygen atoms in total. The van der Waals surface area contributed by atoms with Crippen molar-refractivity contribution in [3.8, 4) is 0 Å². The third kappa shape index (κ3) is 55.5. The second-order valence-corrected chi connectivity index (χ2v) is 21.4. The first-order valence-corrected chi connectivity index (χ1v) is 31.1. The van der Waals surface area contributed by atoms with Crippen molar-refractivity contribution in [3.63, 3.8) is 0 Å². The molecule has 0 spiro atoms. The summed E-state index contributed by atoms with van der Waals surface area (Å²) < 4.78 is 5.47. The van der Waals surface area contributed by atoms with E-state index in [4.69, 9.17) is 4.74 Å². The van der Waals surface area contributed by atoms with Gasteiger partial charge in [-0.1, -0.05) is 276 Å². The zero-order valence-corrected chi connectivity index (χ0v) is 46.6. The smallest absolute Gasteiger partial charge is 0.305 e. The molecule has 69 heavy (non-hydrogen) atoms. The molecule has 0 aliphatic carbocycles. The molecule has 0 saturated carbocycles. The molecule has 2 unspecified atom stereocenters. The number of rotatable bonds is 58. The predicted octanol–water partition coefficient (Wildman–Crippen LogP) is 19.4. The lowest BCUT2D eigenvalue weighted by Crippen LogP contribution is -2.45. The number of ether oxygens (including phenoxy) is 1. The molecule has 408 valence electrons. The van der Waals surface area contributed by atoms with Gasteiger partial charge >= 0.3 is 5.97 Å². The molecular weight excluding hydrogens is 851 g/mol. The van der Waals surface area contributed by atoms with Crippen molar-refractivity contribution in [1.82, 2.24) is 5.32 Å². The molecule has 0 aromatic rings. The van der Waals surface area contributed by atoms with Gasteiger partial charge in [-0.25, -0.2) is 0 Å². The number of unbranched alkanes of at least 4 members (excludes halogenated alkanes) is 43. The van der Waals surface area contributed by atoms with Gasteiger partial charge in [-0.3, -0.25) is 9.59 Å². The fourth-order valence-electron chi connectivity index (χ4n) is 9.69. The maximum atomic E-state index is 12.5. The molecule has 2 atom stereocenters. The summed E-state index contributed by atoms with van der Waals surface area (Å²) in [5, 5.41) is 23.4. The summed E-state index contributed by atoms with van der Waals surface area (Å²) in [5.74, 6) is -0.0809. The third-order valence-electron chi connectivity index (χ3n) is 14.5. The maximum absolute atomic E-state index is 12.5. The molecule has 0 rings (SSSR count). The van der Waals surface area contributed by atoms with Gasteiger partial charge in [0, 0.05) is 12.8 Å². The number of carbonyl (C=O) groups excluding carboxylic acids is 2. The number of amides is 1. The summed E-state index contributed by atoms with van der Waals surface area (Å²) in [6.45, 7) is 4.93. The van der Waals surface area contributed by atoms with E-state index in [0.29, 0.717) is 25.9 Å². The van der Waals surface area contributed by atoms with Crippen molar-refractivity contribution < 1.29 is 24.5 Å². The summed E-state index contributed by atoms with van der Waals surface area (Å²) in [6.07, 6.45) is 71.8. The maximum Gasteiger partial charge on any atom is 0.305 e. The van der Waals surface area contributed by atoms with Crippen LogP contribution in [-0.2, 0) is 14.3 Å². The number of hydrogen-bond donors (Lipinski definition) is 3. The van der Waals surface area contributed by atoms with Crippen LogP contribution >= 0.6 is 0 Å². The topological polar surface area (TPSA) is 95.9 Å². The summed E-state index contributed by atoms with van der Waals surface area (Å²) >= 11 is 0. The fraction of sp³-hybridized carbons (Fsp3) is 0.905. The van der Waals surface area contributed by atoms with E-state index in [-0.39, 0.29) is 18.5 Å². The highest BCUT2D eigenvalue weighted by Crippen LogP contribution is 2.18. The number of nitrogens with one attached hydrogen (secondary N) is 1. The lowest BCUT2D eigenvalue weighted by Gasteiger charge is -2.22. The number of carbonyl (C=O) groups is 2. The summed E-state index contributed by atoms with van der Waals surface area (Å²) in [6, 6.07) is -0.563. The van der Waals surface area contributed by atoms with Gasteiger partial charge in [0.2, 0.25) is 5.91 Å². The third-order valence-corrected chi connectivity index (χ3v) is 14.5. The number of hydrogen-bond acceptors (Lipinski definition) is 5. The van der Waals surface area contributed by atoms with Crippen LogP contribution in [0.25, 0.3) is 0 Å². The van der Waals surface area contributed by atoms with E-state index in [0.717, 1.165) is 70.6 Å². The standard InChI is InChI=1S/C63H121NO5/c1-3-5-7-9-11-13-15-17-19-21-22-23-24-25-26-27-28-31-35-39-43-47-51-55-61(66)60(59-65)64-62(67)56-52-48-44-40-36-32-30-34-38-42-46-50-54-58-69-63(68)57-53-49-45-41-37-33-29-20-18-16-14-12-10-8-6-4-2/h20,29,32,36,60-61,65-66H,3-19,21-28,30-31,33-35,37-59H2,1-2H3,(H,64,67)/b29-20-,36-32-. The molecule has 0 fully saturated rings. The Bertz CT molecular complexity index is 1080. The highest BCUT2D eigenvalue weighted by Gasteiger charge is 2.20. The largest absolute Gasteiger partial charge is 0.466 e. The minimum absolute atomic E-state index is 0.0190. The molecule has 0 radical (unpaired) electrons. The van der Waals surface area contributed by atoms with Gasteiger partial charge in [-0.2, -0.15) is 0 Å². The van der Waals surface area contributed by atoms with Gasteiger partial charge in [0.05, 0.1) is 25.4 Å². The quantitative estimate of drug-likeness (QED) is 0.0321. The van der Waals surface area contributed by atoms with E-state index < -0.39 is 12.1 Å². The first kappa shape index (κ1) is 67.3. The van der Waals surface area contributed by atoms with Gasteiger partial charge < -0.3 is 20.3 Å². The second kappa shape index (κ2) is 58.9. The van der Waals surface area contributed by atoms with Gasteiger partial charge in [0.25, 0.3) is 0 Å². The Morgan fingerprint density at radius 1 is 0.391 bits per heavy atom. The Morgan fingerprint density at radius 2 is 0.681 bits per heavy atom. The molecule has 0 bridgehead atoms. The molecule has 0 aliphatic heterocycles. The fourth-order valence-corrected chi connectivity index (χ4v) is 9.69. The van der Waals surface area contributed by atoms with Crippen LogP contribution in [0.1, 0.15) is 341 Å². The molecule has 0 aliphatic rings. The predicted molar refractivity (Wildman–Crippen MR) is 301 cm³/mol. The van der Waals surface area contributed by atoms with Gasteiger partial charge in [-0.05, 0) is 77.0 Å².